The summed E-state index contributed by atoms with van der Waals surface area (Å²) in [7, 11) is -0.0755. The zero-order chi connectivity index (χ0) is 20.3. The molecule has 7 nitrogen and oxygen atoms in total. The van der Waals surface area contributed by atoms with Gasteiger partial charge in [0.2, 0.25) is 0 Å². The number of aryl methyl sites for hydroxylation is 1. The molecule has 0 saturated heterocycles. The van der Waals surface area contributed by atoms with Crippen LogP contribution in [0.5, 0.6) is 0 Å². The molecule has 0 radical (unpaired) electrons. The van der Waals surface area contributed by atoms with Crippen LogP contribution >= 0.6 is 24.0 Å². The molecule has 0 amide bonds. The van der Waals surface area contributed by atoms with Gasteiger partial charge in [-0.1, -0.05) is 25.0 Å². The van der Waals surface area contributed by atoms with E-state index in [0.29, 0.717) is 23.8 Å². The van der Waals surface area contributed by atoms with Crippen LogP contribution in [0.25, 0.3) is 0 Å². The maximum Gasteiger partial charge on any atom is 0.305 e. The Morgan fingerprint density at radius 1 is 1.14 bits per heavy atom. The molecule has 28 heavy (non-hydrogen) atoms. The molecule has 0 aliphatic heterocycles. The number of hydrogen-bond donors (Lipinski definition) is 2. The normalized spacial score (nSPS) is 11.5. The molecule has 0 atom stereocenters. The predicted octanol–water partition coefficient (Wildman–Crippen LogP) is 2.81. The first-order chi connectivity index (χ1) is 12.8. The molecule has 9 heteroatoms. The number of guanidine groups is 1. The predicted molar refractivity (Wildman–Crippen MR) is 123 cm³/mol. The third-order valence-electron chi connectivity index (χ3n) is 4.15. The van der Waals surface area contributed by atoms with Crippen LogP contribution in [-0.4, -0.2) is 47.3 Å². The summed E-state index contributed by atoms with van der Waals surface area (Å²) in [5.41, 5.74) is 1.73. The zero-order valence-corrected chi connectivity index (χ0v) is 20.2. The number of nitrogens with one attached hydrogen (secondary N) is 2. The lowest BCUT2D eigenvalue weighted by molar-refractivity contribution is -0.140. The van der Waals surface area contributed by atoms with Gasteiger partial charge in [-0.3, -0.25) is 9.79 Å². The summed E-state index contributed by atoms with van der Waals surface area (Å²) < 4.78 is 28.0. The van der Waals surface area contributed by atoms with Crippen LogP contribution in [0, 0.1) is 6.92 Å². The van der Waals surface area contributed by atoms with Crippen molar-refractivity contribution in [1.29, 1.82) is 0 Å². The molecule has 0 bridgehead atoms. The fourth-order valence-corrected chi connectivity index (χ4v) is 3.66. The average molecular weight is 525 g/mol. The lowest BCUT2D eigenvalue weighted by Crippen LogP contribution is -2.37. The van der Waals surface area contributed by atoms with Crippen molar-refractivity contribution in [3.8, 4) is 0 Å². The van der Waals surface area contributed by atoms with Crippen LogP contribution in [0.15, 0.2) is 28.1 Å². The Labute approximate surface area is 185 Å². The van der Waals surface area contributed by atoms with Crippen LogP contribution in [0.2, 0.25) is 0 Å². The van der Waals surface area contributed by atoms with Gasteiger partial charge >= 0.3 is 5.97 Å². The molecule has 0 aromatic heterocycles. The monoisotopic (exact) mass is 525 g/mol. The molecule has 0 heterocycles. The molecule has 0 saturated carbocycles. The van der Waals surface area contributed by atoms with E-state index in [9.17, 15) is 13.2 Å². The number of aliphatic imine (C=N–C) groups is 1. The number of ether oxygens (including phenoxy) is 1. The number of esters is 1. The van der Waals surface area contributed by atoms with Crippen molar-refractivity contribution in [2.24, 2.45) is 4.99 Å². The third kappa shape index (κ3) is 10.3. The summed E-state index contributed by atoms with van der Waals surface area (Å²) in [5, 5.41) is 6.48. The van der Waals surface area contributed by atoms with E-state index in [4.69, 9.17) is 0 Å². The van der Waals surface area contributed by atoms with Gasteiger partial charge in [0.25, 0.3) is 0 Å². The summed E-state index contributed by atoms with van der Waals surface area (Å²) >= 11 is 0. The lowest BCUT2D eigenvalue weighted by atomic mass is 10.1. The van der Waals surface area contributed by atoms with Gasteiger partial charge in [0.05, 0.1) is 12.0 Å². The van der Waals surface area contributed by atoms with Crippen LogP contribution in [0.1, 0.15) is 43.2 Å². The van der Waals surface area contributed by atoms with Crippen molar-refractivity contribution >= 4 is 45.7 Å². The number of sulfone groups is 1. The summed E-state index contributed by atoms with van der Waals surface area (Å²) in [6.45, 7) is 3.15. The van der Waals surface area contributed by atoms with Crippen molar-refractivity contribution in [2.75, 3.05) is 27.0 Å². The summed E-state index contributed by atoms with van der Waals surface area (Å²) in [6, 6.07) is 5.33. The van der Waals surface area contributed by atoms with Gasteiger partial charge in [-0.25, -0.2) is 8.42 Å². The van der Waals surface area contributed by atoms with E-state index in [1.54, 1.807) is 20.0 Å². The van der Waals surface area contributed by atoms with Gasteiger partial charge in [0.1, 0.15) is 0 Å². The van der Waals surface area contributed by atoms with E-state index >= 15 is 0 Å². The van der Waals surface area contributed by atoms with E-state index in [-0.39, 0.29) is 29.9 Å². The molecule has 1 aromatic carbocycles. The van der Waals surface area contributed by atoms with Gasteiger partial charge in [-0.15, -0.1) is 24.0 Å². The van der Waals surface area contributed by atoms with Crippen molar-refractivity contribution in [3.63, 3.8) is 0 Å². The first-order valence-corrected chi connectivity index (χ1v) is 11.0. The Balaban J connectivity index is 0.00000729. The number of unbranched alkanes of at least 4 members (excludes halogenated alkanes) is 3. The van der Waals surface area contributed by atoms with E-state index in [1.807, 2.05) is 12.1 Å². The highest BCUT2D eigenvalue weighted by Crippen LogP contribution is 2.16. The highest BCUT2D eigenvalue weighted by Gasteiger charge is 2.10. The second kappa shape index (κ2) is 13.8. The van der Waals surface area contributed by atoms with Gasteiger partial charge < -0.3 is 15.4 Å². The smallest absolute Gasteiger partial charge is 0.305 e. The Morgan fingerprint density at radius 3 is 2.39 bits per heavy atom. The largest absolute Gasteiger partial charge is 0.469 e. The van der Waals surface area contributed by atoms with Gasteiger partial charge in [0.15, 0.2) is 15.8 Å². The van der Waals surface area contributed by atoms with E-state index < -0.39 is 9.84 Å². The number of benzene rings is 1. The first kappa shape index (κ1) is 26.6. The van der Waals surface area contributed by atoms with Crippen molar-refractivity contribution < 1.29 is 17.9 Å². The van der Waals surface area contributed by atoms with Crippen LogP contribution in [-0.2, 0) is 25.9 Å². The molecule has 2 N–H and O–H groups in total. The van der Waals surface area contributed by atoms with Crippen molar-refractivity contribution in [2.45, 2.75) is 50.5 Å². The second-order valence-corrected chi connectivity index (χ2v) is 8.45. The summed E-state index contributed by atoms with van der Waals surface area (Å²) in [6.07, 6.45) is 5.56. The molecule has 0 unspecified atom stereocenters. The number of nitrogens with zero attached hydrogens (tertiary/aromatic N) is 1. The van der Waals surface area contributed by atoms with Crippen LogP contribution < -0.4 is 10.6 Å². The highest BCUT2D eigenvalue weighted by molar-refractivity contribution is 14.0. The maximum absolute atomic E-state index is 11.7. The quantitative estimate of drug-likeness (QED) is 0.160. The Morgan fingerprint density at radius 2 is 1.82 bits per heavy atom. The van der Waals surface area contributed by atoms with Gasteiger partial charge in [-0.05, 0) is 37.0 Å². The van der Waals surface area contributed by atoms with E-state index in [0.717, 1.165) is 43.4 Å². The minimum atomic E-state index is -3.20. The van der Waals surface area contributed by atoms with E-state index in [1.165, 1.54) is 13.4 Å². The van der Waals surface area contributed by atoms with Crippen LogP contribution in [0.3, 0.4) is 0 Å². The number of hydrogen-bond acceptors (Lipinski definition) is 5. The molecule has 0 spiro atoms. The maximum atomic E-state index is 11.7. The molecule has 1 aromatic rings. The lowest BCUT2D eigenvalue weighted by Gasteiger charge is -2.13. The van der Waals surface area contributed by atoms with Crippen LogP contribution in [0.4, 0.5) is 0 Å². The molecular weight excluding hydrogens is 493 g/mol. The fraction of sp³-hybridized carbons (Fsp3) is 0.579. The van der Waals surface area contributed by atoms with E-state index in [2.05, 4.69) is 20.4 Å². The Hall–Kier alpha value is -1.36. The Kier molecular flexibility index (Phi) is 13.1. The number of carbonyl (C=O) groups excluding carboxylic acids is 1. The minimum Gasteiger partial charge on any atom is -0.469 e. The SMILES string of the molecule is CN=C(NCCCCCCC(=O)OC)NCc1ccc(S(C)(=O)=O)c(C)c1.I. The summed E-state index contributed by atoms with van der Waals surface area (Å²) in [4.78, 5) is 15.6. The molecular formula is C19H32IN3O4S. The highest BCUT2D eigenvalue weighted by atomic mass is 127. The van der Waals surface area contributed by atoms with Gasteiger partial charge in [0, 0.05) is 32.8 Å². The first-order valence-electron chi connectivity index (χ1n) is 9.09. The Bertz CT molecular complexity index is 752. The number of halogens is 1. The standard InChI is InChI=1S/C19H31N3O4S.HI/c1-15-13-16(10-11-17(15)27(4,24)25)14-22-19(20-2)21-12-8-6-5-7-9-18(23)26-3;/h10-11,13H,5-9,12,14H2,1-4H3,(H2,20,21,22);1H. The van der Waals surface area contributed by atoms with Gasteiger partial charge in [-0.2, -0.15) is 0 Å². The molecule has 0 aliphatic carbocycles. The third-order valence-corrected chi connectivity index (χ3v) is 5.41. The topological polar surface area (TPSA) is 96.9 Å². The number of rotatable bonds is 10. The molecule has 0 aliphatic rings. The second-order valence-electron chi connectivity index (χ2n) is 6.46. The minimum absolute atomic E-state index is 0. The number of methoxy groups -OCH3 is 1. The number of carbonyl (C=O) groups is 1. The zero-order valence-electron chi connectivity index (χ0n) is 17.1. The summed E-state index contributed by atoms with van der Waals surface area (Å²) in [5.74, 6) is 0.548. The fourth-order valence-electron chi connectivity index (χ4n) is 2.70. The van der Waals surface area contributed by atoms with Crippen molar-refractivity contribution in [3.05, 3.63) is 29.3 Å². The molecule has 1 rings (SSSR count). The average Bonchev–Trinajstić information content (AvgIpc) is 2.62. The molecule has 0 fully saturated rings. The molecule has 160 valence electrons. The van der Waals surface area contributed by atoms with Crippen molar-refractivity contribution in [1.82, 2.24) is 10.6 Å².